The fourth-order valence-corrected chi connectivity index (χ4v) is 4.78. The first-order valence-corrected chi connectivity index (χ1v) is 11.4. The number of amides is 1. The number of rotatable bonds is 7. The van der Waals surface area contributed by atoms with Gasteiger partial charge < -0.3 is 10.2 Å². The molecule has 1 atom stereocenters. The maximum absolute atomic E-state index is 12.9. The third-order valence-electron chi connectivity index (χ3n) is 5.71. The van der Waals surface area contributed by atoms with Crippen molar-refractivity contribution in [1.29, 1.82) is 0 Å². The topological polar surface area (TPSA) is 48.5 Å². The van der Waals surface area contributed by atoms with Crippen molar-refractivity contribution in [1.82, 2.24) is 20.1 Å². The van der Waals surface area contributed by atoms with E-state index in [0.717, 1.165) is 60.3 Å². The van der Waals surface area contributed by atoms with Crippen LogP contribution in [0.5, 0.6) is 0 Å². The fraction of sp³-hybridized carbons (Fsp3) is 0.565. The number of thiazole rings is 1. The fourth-order valence-electron chi connectivity index (χ4n) is 3.83. The number of aromatic nitrogens is 1. The summed E-state index contributed by atoms with van der Waals surface area (Å²) in [6.07, 6.45) is 1.34. The van der Waals surface area contributed by atoms with E-state index in [9.17, 15) is 4.79 Å². The van der Waals surface area contributed by atoms with Gasteiger partial charge in [0.15, 0.2) is 0 Å². The Morgan fingerprint density at radius 1 is 1.21 bits per heavy atom. The molecule has 2 heterocycles. The number of nitrogens with one attached hydrogen (secondary N) is 1. The second kappa shape index (κ2) is 9.83. The number of likely N-dealkylation sites (N-methyl/N-ethyl adjacent to an activating group) is 1. The second-order valence-electron chi connectivity index (χ2n) is 8.28. The molecule has 29 heavy (non-hydrogen) atoms. The molecule has 5 nitrogen and oxygen atoms in total. The predicted molar refractivity (Wildman–Crippen MR) is 122 cm³/mol. The number of carbonyl (C=O) groups excluding carboxylic acids is 1. The van der Waals surface area contributed by atoms with Crippen LogP contribution in [0.15, 0.2) is 18.2 Å². The molecule has 3 rings (SSSR count). The minimum Gasteiger partial charge on any atom is -0.352 e. The SMILES string of the molecule is CCC(CN1CCN(C)CC1)NC(=O)Cc1sc(C)nc1-c1cc(C)ccc1C. The third kappa shape index (κ3) is 5.87. The van der Waals surface area contributed by atoms with Gasteiger partial charge in [-0.05, 0) is 45.9 Å². The van der Waals surface area contributed by atoms with Crippen LogP contribution in [0.25, 0.3) is 11.3 Å². The normalized spacial score (nSPS) is 16.7. The molecule has 6 heteroatoms. The molecule has 0 saturated carbocycles. The highest BCUT2D eigenvalue weighted by Crippen LogP contribution is 2.31. The highest BCUT2D eigenvalue weighted by atomic mass is 32.1. The molecule has 0 spiro atoms. The van der Waals surface area contributed by atoms with Crippen LogP contribution in [0, 0.1) is 20.8 Å². The van der Waals surface area contributed by atoms with Gasteiger partial charge in [-0.15, -0.1) is 11.3 Å². The van der Waals surface area contributed by atoms with E-state index >= 15 is 0 Å². The number of piperazine rings is 1. The summed E-state index contributed by atoms with van der Waals surface area (Å²) in [6, 6.07) is 6.62. The summed E-state index contributed by atoms with van der Waals surface area (Å²) in [7, 11) is 2.17. The van der Waals surface area contributed by atoms with Crippen molar-refractivity contribution in [2.75, 3.05) is 39.8 Å². The Labute approximate surface area is 179 Å². The molecule has 1 aliphatic heterocycles. The van der Waals surface area contributed by atoms with Gasteiger partial charge in [-0.2, -0.15) is 0 Å². The monoisotopic (exact) mass is 414 g/mol. The second-order valence-corrected chi connectivity index (χ2v) is 9.56. The minimum absolute atomic E-state index is 0.0983. The Hall–Kier alpha value is -1.76. The van der Waals surface area contributed by atoms with Crippen molar-refractivity contribution in [2.24, 2.45) is 0 Å². The number of hydrogen-bond acceptors (Lipinski definition) is 5. The minimum atomic E-state index is 0.0983. The molecule has 0 bridgehead atoms. The van der Waals surface area contributed by atoms with Crippen molar-refractivity contribution in [3.8, 4) is 11.3 Å². The zero-order valence-corrected chi connectivity index (χ0v) is 19.2. The van der Waals surface area contributed by atoms with Crippen LogP contribution >= 0.6 is 11.3 Å². The first kappa shape index (κ1) is 21.9. The Balaban J connectivity index is 1.66. The molecule has 1 unspecified atom stereocenters. The average molecular weight is 415 g/mol. The van der Waals surface area contributed by atoms with Gasteiger partial charge in [0.1, 0.15) is 0 Å². The van der Waals surface area contributed by atoms with E-state index in [-0.39, 0.29) is 11.9 Å². The first-order chi connectivity index (χ1) is 13.9. The summed E-state index contributed by atoms with van der Waals surface area (Å²) in [5.74, 6) is 0.0983. The Bertz CT molecular complexity index is 839. The van der Waals surface area contributed by atoms with Gasteiger partial charge in [0.05, 0.1) is 17.1 Å². The molecule has 1 aliphatic rings. The summed E-state index contributed by atoms with van der Waals surface area (Å²) in [4.78, 5) is 23.5. The maximum atomic E-state index is 12.9. The molecule has 1 N–H and O–H groups in total. The van der Waals surface area contributed by atoms with Crippen molar-refractivity contribution in [3.05, 3.63) is 39.2 Å². The molecule has 1 aromatic carbocycles. The molecule has 0 aliphatic carbocycles. The van der Waals surface area contributed by atoms with Crippen LogP contribution < -0.4 is 5.32 Å². The zero-order chi connectivity index (χ0) is 21.0. The summed E-state index contributed by atoms with van der Waals surface area (Å²) in [5.41, 5.74) is 4.52. The Morgan fingerprint density at radius 2 is 1.93 bits per heavy atom. The number of aryl methyl sites for hydroxylation is 3. The van der Waals surface area contributed by atoms with Gasteiger partial charge in [-0.1, -0.05) is 24.6 Å². The van der Waals surface area contributed by atoms with Crippen molar-refractivity contribution in [3.63, 3.8) is 0 Å². The highest BCUT2D eigenvalue weighted by molar-refractivity contribution is 7.12. The lowest BCUT2D eigenvalue weighted by atomic mass is 10.0. The van der Waals surface area contributed by atoms with E-state index in [2.05, 4.69) is 61.1 Å². The molecule has 2 aromatic rings. The lowest BCUT2D eigenvalue weighted by Crippen LogP contribution is -2.50. The molecular weight excluding hydrogens is 380 g/mol. The molecule has 1 saturated heterocycles. The molecule has 1 fully saturated rings. The van der Waals surface area contributed by atoms with Crippen molar-refractivity contribution in [2.45, 2.75) is 46.6 Å². The number of carbonyl (C=O) groups is 1. The standard InChI is InChI=1S/C23H34N4OS/c1-6-19(15-27-11-9-26(5)10-12-27)25-22(28)14-21-23(24-18(4)29-21)20-13-16(2)7-8-17(20)3/h7-8,13,19H,6,9-12,14-15H2,1-5H3,(H,25,28). The lowest BCUT2D eigenvalue weighted by Gasteiger charge is -2.34. The van der Waals surface area contributed by atoms with E-state index in [1.165, 1.54) is 11.1 Å². The summed E-state index contributed by atoms with van der Waals surface area (Å²) in [5, 5.41) is 4.28. The maximum Gasteiger partial charge on any atom is 0.225 e. The lowest BCUT2D eigenvalue weighted by molar-refractivity contribution is -0.121. The highest BCUT2D eigenvalue weighted by Gasteiger charge is 2.21. The van der Waals surface area contributed by atoms with Crippen molar-refractivity contribution >= 4 is 17.2 Å². The summed E-state index contributed by atoms with van der Waals surface area (Å²) < 4.78 is 0. The van der Waals surface area contributed by atoms with Gasteiger partial charge in [-0.3, -0.25) is 9.69 Å². The number of benzene rings is 1. The van der Waals surface area contributed by atoms with Crippen LogP contribution in [-0.4, -0.2) is 66.5 Å². The van der Waals surface area contributed by atoms with Gasteiger partial charge >= 0.3 is 0 Å². The van der Waals surface area contributed by atoms with E-state index in [4.69, 9.17) is 4.98 Å². The van der Waals surface area contributed by atoms with E-state index in [1.807, 2.05) is 6.92 Å². The van der Waals surface area contributed by atoms with Crippen LogP contribution in [0.1, 0.15) is 34.4 Å². The van der Waals surface area contributed by atoms with Gasteiger partial charge in [0.2, 0.25) is 5.91 Å². The van der Waals surface area contributed by atoms with E-state index < -0.39 is 0 Å². The Kier molecular flexibility index (Phi) is 7.44. The van der Waals surface area contributed by atoms with Gasteiger partial charge in [0, 0.05) is 49.2 Å². The predicted octanol–water partition coefficient (Wildman–Crippen LogP) is 3.42. The van der Waals surface area contributed by atoms with E-state index in [0.29, 0.717) is 6.42 Å². The first-order valence-electron chi connectivity index (χ1n) is 10.6. The van der Waals surface area contributed by atoms with Crippen LogP contribution in [0.3, 0.4) is 0 Å². The van der Waals surface area contributed by atoms with Crippen molar-refractivity contribution < 1.29 is 4.79 Å². The largest absolute Gasteiger partial charge is 0.352 e. The van der Waals surface area contributed by atoms with E-state index in [1.54, 1.807) is 11.3 Å². The smallest absolute Gasteiger partial charge is 0.225 e. The number of hydrogen-bond donors (Lipinski definition) is 1. The van der Waals surface area contributed by atoms with Gasteiger partial charge in [-0.25, -0.2) is 4.98 Å². The quantitative estimate of drug-likeness (QED) is 0.754. The summed E-state index contributed by atoms with van der Waals surface area (Å²) >= 11 is 1.63. The van der Waals surface area contributed by atoms with Crippen LogP contribution in [0.4, 0.5) is 0 Å². The zero-order valence-electron chi connectivity index (χ0n) is 18.4. The third-order valence-corrected chi connectivity index (χ3v) is 6.68. The molecule has 1 aromatic heterocycles. The van der Waals surface area contributed by atoms with Gasteiger partial charge in [0.25, 0.3) is 0 Å². The molecule has 0 radical (unpaired) electrons. The number of nitrogens with zero attached hydrogens (tertiary/aromatic N) is 3. The molecule has 158 valence electrons. The average Bonchev–Trinajstić information content (AvgIpc) is 3.04. The Morgan fingerprint density at radius 3 is 2.62 bits per heavy atom. The molecular formula is C23H34N4OS. The van der Waals surface area contributed by atoms with Crippen LogP contribution in [-0.2, 0) is 11.2 Å². The van der Waals surface area contributed by atoms with Crippen LogP contribution in [0.2, 0.25) is 0 Å². The summed E-state index contributed by atoms with van der Waals surface area (Å²) in [6.45, 7) is 13.7. The molecule has 1 amide bonds.